The van der Waals surface area contributed by atoms with Crippen LogP contribution in [-0.4, -0.2) is 82.6 Å². The fraction of sp³-hybridized carbons (Fsp3) is 0.365. The second kappa shape index (κ2) is 22.0. The summed E-state index contributed by atoms with van der Waals surface area (Å²) in [4.78, 5) is 63.3. The first kappa shape index (κ1) is 51.2. The SMILES string of the molecule is Cc1ncsc1-c1ccc(CNC(=O)[C@@H]2CCCN2C(=O)C(NC(=O)COCCCCOc2ccc(-c3ccc(N4C(=S)N(c5ccc(C#N)c(C(F)(F)F)c5)C(=O)C4(C)C)cc3)cc2)C(C)C)cc1. The maximum absolute atomic E-state index is 13.8. The van der Waals surface area contributed by atoms with Gasteiger partial charge in [-0.15, -0.1) is 11.3 Å². The Morgan fingerprint density at radius 2 is 1.59 bits per heavy atom. The lowest BCUT2D eigenvalue weighted by molar-refractivity contribution is -0.143. The van der Waals surface area contributed by atoms with Gasteiger partial charge in [0.05, 0.1) is 45.6 Å². The number of thiocarbonyl (C=S) groups is 1. The second-order valence-corrected chi connectivity index (χ2v) is 19.2. The Balaban J connectivity index is 0.823. The van der Waals surface area contributed by atoms with Gasteiger partial charge in [0, 0.05) is 25.4 Å². The van der Waals surface area contributed by atoms with Crippen LogP contribution in [0, 0.1) is 24.2 Å². The quantitative estimate of drug-likeness (QED) is 0.0641. The number of benzene rings is 4. The molecule has 0 spiro atoms. The van der Waals surface area contributed by atoms with Gasteiger partial charge in [0.25, 0.3) is 5.91 Å². The lowest BCUT2D eigenvalue weighted by Gasteiger charge is -2.30. The molecule has 70 heavy (non-hydrogen) atoms. The maximum Gasteiger partial charge on any atom is 0.417 e. The summed E-state index contributed by atoms with van der Waals surface area (Å²) >= 11 is 7.25. The predicted molar refractivity (Wildman–Crippen MR) is 266 cm³/mol. The molecule has 5 aromatic rings. The third kappa shape index (κ3) is 11.5. The van der Waals surface area contributed by atoms with E-state index in [9.17, 15) is 37.6 Å². The molecule has 2 saturated heterocycles. The highest BCUT2D eigenvalue weighted by atomic mass is 32.1. The number of aryl methyl sites for hydroxylation is 1. The van der Waals surface area contributed by atoms with Crippen molar-refractivity contribution in [2.45, 2.75) is 90.6 Å². The number of amides is 4. The van der Waals surface area contributed by atoms with E-state index >= 15 is 0 Å². The molecule has 7 rings (SSSR count). The van der Waals surface area contributed by atoms with Gasteiger partial charge in [0.1, 0.15) is 30.0 Å². The molecule has 2 aliphatic heterocycles. The maximum atomic E-state index is 13.8. The third-order valence-electron chi connectivity index (χ3n) is 12.4. The van der Waals surface area contributed by atoms with E-state index in [1.165, 1.54) is 6.07 Å². The number of halogens is 3. The smallest absolute Gasteiger partial charge is 0.417 e. The van der Waals surface area contributed by atoms with Crippen molar-refractivity contribution in [2.75, 3.05) is 36.2 Å². The van der Waals surface area contributed by atoms with Gasteiger partial charge in [-0.05, 0) is 129 Å². The summed E-state index contributed by atoms with van der Waals surface area (Å²) in [7, 11) is 0. The van der Waals surface area contributed by atoms with Crippen LogP contribution < -0.4 is 25.2 Å². The first-order chi connectivity index (χ1) is 33.4. The largest absolute Gasteiger partial charge is 0.494 e. The molecule has 1 aromatic heterocycles. The molecule has 366 valence electrons. The van der Waals surface area contributed by atoms with E-state index in [1.807, 2.05) is 86.9 Å². The number of nitrogens with zero attached hydrogens (tertiary/aromatic N) is 5. The topological polar surface area (TPSA) is 157 Å². The Morgan fingerprint density at radius 1 is 0.943 bits per heavy atom. The summed E-state index contributed by atoms with van der Waals surface area (Å²) in [6, 6.07) is 26.0. The molecular formula is C52H54F3N7O6S2. The lowest BCUT2D eigenvalue weighted by atomic mass is 10.0. The van der Waals surface area contributed by atoms with Gasteiger partial charge in [0.15, 0.2) is 5.11 Å². The molecular weight excluding hydrogens is 940 g/mol. The summed E-state index contributed by atoms with van der Waals surface area (Å²) in [5.74, 6) is -0.980. The van der Waals surface area contributed by atoms with E-state index in [1.54, 1.807) is 53.2 Å². The average Bonchev–Trinajstić information content (AvgIpc) is 4.05. The minimum absolute atomic E-state index is 0.0101. The molecule has 0 radical (unpaired) electrons. The predicted octanol–water partition coefficient (Wildman–Crippen LogP) is 9.22. The van der Waals surface area contributed by atoms with Crippen molar-refractivity contribution >= 4 is 63.7 Å². The van der Waals surface area contributed by atoms with Crippen LogP contribution in [0.1, 0.15) is 75.8 Å². The highest BCUT2D eigenvalue weighted by molar-refractivity contribution is 7.81. The van der Waals surface area contributed by atoms with Crippen LogP contribution in [-0.2, 0) is 36.6 Å². The normalized spacial score (nSPS) is 16.1. The van der Waals surface area contributed by atoms with Gasteiger partial charge in [-0.1, -0.05) is 62.4 Å². The van der Waals surface area contributed by atoms with E-state index in [0.29, 0.717) is 63.4 Å². The molecule has 0 bridgehead atoms. The van der Waals surface area contributed by atoms with Gasteiger partial charge in [-0.2, -0.15) is 18.4 Å². The summed E-state index contributed by atoms with van der Waals surface area (Å²) in [5, 5.41) is 15.1. The first-order valence-electron chi connectivity index (χ1n) is 23.0. The summed E-state index contributed by atoms with van der Waals surface area (Å²) in [5.41, 5.74) is 4.15. The number of alkyl halides is 3. The summed E-state index contributed by atoms with van der Waals surface area (Å²) in [6.07, 6.45) is -2.27. The number of anilines is 2. The number of aromatic nitrogens is 1. The van der Waals surface area contributed by atoms with Crippen LogP contribution in [0.2, 0.25) is 0 Å². The van der Waals surface area contributed by atoms with Crippen molar-refractivity contribution in [2.24, 2.45) is 5.92 Å². The lowest BCUT2D eigenvalue weighted by Crippen LogP contribution is -2.55. The van der Waals surface area contributed by atoms with Gasteiger partial charge in [-0.3, -0.25) is 24.1 Å². The van der Waals surface area contributed by atoms with Crippen molar-refractivity contribution < 1.29 is 41.8 Å². The second-order valence-electron chi connectivity index (χ2n) is 18.0. The molecule has 4 aromatic carbocycles. The number of unbranched alkanes of at least 4 members (excludes halogenated alkanes) is 1. The Kier molecular flexibility index (Phi) is 16.0. The zero-order valence-electron chi connectivity index (χ0n) is 39.5. The number of rotatable bonds is 18. The Labute approximate surface area is 414 Å². The molecule has 2 N–H and O–H groups in total. The number of ether oxygens (including phenoxy) is 2. The van der Waals surface area contributed by atoms with Gasteiger partial charge < -0.3 is 29.9 Å². The third-order valence-corrected chi connectivity index (χ3v) is 13.7. The molecule has 4 amide bonds. The van der Waals surface area contributed by atoms with Crippen molar-refractivity contribution in [3.8, 4) is 33.4 Å². The fourth-order valence-electron chi connectivity index (χ4n) is 8.54. The van der Waals surface area contributed by atoms with E-state index in [-0.39, 0.29) is 35.1 Å². The molecule has 3 heterocycles. The Hall–Kier alpha value is -6.68. The number of nitriles is 1. The van der Waals surface area contributed by atoms with E-state index in [0.717, 1.165) is 49.9 Å². The molecule has 18 heteroatoms. The van der Waals surface area contributed by atoms with Gasteiger partial charge in [0.2, 0.25) is 17.7 Å². The number of likely N-dealkylation sites (tertiary alicyclic amines) is 1. The fourth-order valence-corrected chi connectivity index (χ4v) is 9.87. The van der Waals surface area contributed by atoms with Crippen molar-refractivity contribution in [3.63, 3.8) is 0 Å². The molecule has 0 saturated carbocycles. The van der Waals surface area contributed by atoms with Crippen molar-refractivity contribution in [3.05, 3.63) is 119 Å². The number of thiazole rings is 1. The zero-order chi connectivity index (χ0) is 50.3. The molecule has 2 aliphatic rings. The Morgan fingerprint density at radius 3 is 2.21 bits per heavy atom. The van der Waals surface area contributed by atoms with E-state index in [2.05, 4.69) is 15.6 Å². The highest BCUT2D eigenvalue weighted by Crippen LogP contribution is 2.40. The minimum Gasteiger partial charge on any atom is -0.494 e. The number of hydrogen-bond acceptors (Lipinski definition) is 10. The number of hydrogen-bond donors (Lipinski definition) is 2. The summed E-state index contributed by atoms with van der Waals surface area (Å²) < 4.78 is 52.8. The first-order valence-corrected chi connectivity index (χ1v) is 24.3. The molecule has 13 nitrogen and oxygen atoms in total. The standard InChI is InChI=1S/C52H54F3N7O6S2/c1-32(2)45(48(65)60-24-8-9-43(60)47(64)57-29-34-10-12-37(13-11-34)46-33(3)58-31-70-46)59-44(63)30-67-25-6-7-26-68-41-22-17-36(18-23-41)35-14-19-39(20-15-35)62-50(69)61(49(66)51(62,4)5)40-21-16-38(28-56)42(27-40)52(53,54)55/h10-23,27,31-32,43,45H,6-9,24-26,29-30H2,1-5H3,(H,57,64)(H,59,63)/t43-,45?/m0/s1. The summed E-state index contributed by atoms with van der Waals surface area (Å²) in [6.45, 7) is 10.3. The number of carbonyl (C=O) groups excluding carboxylic acids is 4. The minimum atomic E-state index is -4.80. The van der Waals surface area contributed by atoms with Crippen LogP contribution in [0.4, 0.5) is 24.5 Å². The molecule has 2 fully saturated rings. The highest BCUT2D eigenvalue weighted by Gasteiger charge is 2.51. The van der Waals surface area contributed by atoms with Crippen LogP contribution in [0.3, 0.4) is 0 Å². The van der Waals surface area contributed by atoms with E-state index < -0.39 is 46.7 Å². The van der Waals surface area contributed by atoms with Crippen LogP contribution in [0.25, 0.3) is 21.6 Å². The Bertz CT molecular complexity index is 2760. The average molecular weight is 994 g/mol. The molecule has 0 aliphatic carbocycles. The van der Waals surface area contributed by atoms with Crippen LogP contribution in [0.5, 0.6) is 5.75 Å². The molecule has 2 atom stereocenters. The van der Waals surface area contributed by atoms with Crippen molar-refractivity contribution in [1.82, 2.24) is 20.5 Å². The zero-order valence-corrected chi connectivity index (χ0v) is 41.1. The van der Waals surface area contributed by atoms with Gasteiger partial charge in [-0.25, -0.2) is 4.98 Å². The van der Waals surface area contributed by atoms with Crippen molar-refractivity contribution in [1.29, 1.82) is 5.26 Å². The van der Waals surface area contributed by atoms with Crippen LogP contribution >= 0.6 is 23.6 Å². The number of carbonyl (C=O) groups is 4. The van der Waals surface area contributed by atoms with Crippen LogP contribution in [0.15, 0.2) is 96.5 Å². The molecule has 1 unspecified atom stereocenters. The van der Waals surface area contributed by atoms with E-state index in [4.69, 9.17) is 21.7 Å². The monoisotopic (exact) mass is 993 g/mol. The van der Waals surface area contributed by atoms with Gasteiger partial charge >= 0.3 is 6.18 Å². The number of nitrogens with one attached hydrogen (secondary N) is 2.